The average Bonchev–Trinajstić information content (AvgIpc) is 2.65. The Hall–Kier alpha value is -2.49. The highest BCUT2D eigenvalue weighted by atomic mass is 16.5. The first-order valence-electron chi connectivity index (χ1n) is 9.89. The van der Waals surface area contributed by atoms with E-state index in [9.17, 15) is 4.79 Å². The molecule has 28 heavy (non-hydrogen) atoms. The molecule has 0 fully saturated rings. The maximum absolute atomic E-state index is 12.4. The molecule has 0 bridgehead atoms. The average molecular weight is 384 g/mol. The molecule has 0 spiro atoms. The highest BCUT2D eigenvalue weighted by Crippen LogP contribution is 2.28. The summed E-state index contributed by atoms with van der Waals surface area (Å²) in [5, 5.41) is 2.97. The van der Waals surface area contributed by atoms with Crippen LogP contribution >= 0.6 is 0 Å². The van der Waals surface area contributed by atoms with E-state index in [1.807, 2.05) is 42.5 Å². The fraction of sp³-hybridized carbons (Fsp3) is 0.458. The molecule has 0 aliphatic heterocycles. The maximum atomic E-state index is 12.4. The fourth-order valence-electron chi connectivity index (χ4n) is 2.75. The van der Waals surface area contributed by atoms with E-state index in [0.717, 1.165) is 17.7 Å². The van der Waals surface area contributed by atoms with E-state index >= 15 is 0 Å². The van der Waals surface area contributed by atoms with Crippen molar-refractivity contribution >= 4 is 5.91 Å². The van der Waals surface area contributed by atoms with Crippen molar-refractivity contribution in [3.05, 3.63) is 59.2 Å². The van der Waals surface area contributed by atoms with Crippen LogP contribution < -0.4 is 14.8 Å². The summed E-state index contributed by atoms with van der Waals surface area (Å²) >= 11 is 0. The Bertz CT molecular complexity index is 773. The van der Waals surface area contributed by atoms with Crippen LogP contribution in [0.3, 0.4) is 0 Å². The first kappa shape index (κ1) is 21.8. The topological polar surface area (TPSA) is 47.6 Å². The van der Waals surface area contributed by atoms with E-state index in [0.29, 0.717) is 30.4 Å². The Kier molecular flexibility index (Phi) is 7.50. The molecule has 4 nitrogen and oxygen atoms in total. The Morgan fingerprint density at radius 2 is 1.71 bits per heavy atom. The molecule has 2 aromatic carbocycles. The molecule has 1 amide bonds. The molecule has 0 aliphatic carbocycles. The Balaban J connectivity index is 1.97. The van der Waals surface area contributed by atoms with E-state index in [1.165, 1.54) is 5.56 Å². The van der Waals surface area contributed by atoms with Crippen molar-refractivity contribution in [2.45, 2.75) is 53.0 Å². The van der Waals surface area contributed by atoms with Gasteiger partial charge in [0.25, 0.3) is 5.91 Å². The number of carbonyl (C=O) groups excluding carboxylic acids is 1. The van der Waals surface area contributed by atoms with Gasteiger partial charge in [0.2, 0.25) is 0 Å². The monoisotopic (exact) mass is 383 g/mol. The van der Waals surface area contributed by atoms with Crippen LogP contribution in [0.5, 0.6) is 11.5 Å². The predicted molar refractivity (Wildman–Crippen MR) is 114 cm³/mol. The quantitative estimate of drug-likeness (QED) is 0.669. The molecule has 2 rings (SSSR count). The zero-order valence-corrected chi connectivity index (χ0v) is 18.0. The molecule has 1 N–H and O–H groups in total. The standard InChI is InChI=1S/C24H33NO3/c1-17(2)13-14-28-21-12-7-18(15-22(21)27-6)16-25-23(26)19-8-10-20(11-9-19)24(3,4)5/h7-12,15,17H,13-14,16H2,1-6H3,(H,25,26). The van der Waals surface area contributed by atoms with E-state index in [4.69, 9.17) is 9.47 Å². The summed E-state index contributed by atoms with van der Waals surface area (Å²) in [6.07, 6.45) is 0.995. The molecule has 0 atom stereocenters. The van der Waals surface area contributed by atoms with Crippen molar-refractivity contribution in [3.63, 3.8) is 0 Å². The lowest BCUT2D eigenvalue weighted by atomic mass is 9.87. The minimum Gasteiger partial charge on any atom is -0.493 e. The fourth-order valence-corrected chi connectivity index (χ4v) is 2.75. The number of rotatable bonds is 8. The van der Waals surface area contributed by atoms with Crippen LogP contribution in [-0.4, -0.2) is 19.6 Å². The Morgan fingerprint density at radius 3 is 2.29 bits per heavy atom. The third-order valence-corrected chi connectivity index (χ3v) is 4.65. The molecule has 152 valence electrons. The molecular formula is C24H33NO3. The molecule has 0 saturated carbocycles. The zero-order valence-electron chi connectivity index (χ0n) is 18.0. The second kappa shape index (κ2) is 9.63. The molecule has 0 unspecified atom stereocenters. The van der Waals surface area contributed by atoms with Gasteiger partial charge in [-0.25, -0.2) is 0 Å². The smallest absolute Gasteiger partial charge is 0.251 e. The Morgan fingerprint density at radius 1 is 1.04 bits per heavy atom. The van der Waals surface area contributed by atoms with Gasteiger partial charge in [0.05, 0.1) is 13.7 Å². The van der Waals surface area contributed by atoms with Gasteiger partial charge in [-0.05, 0) is 53.1 Å². The van der Waals surface area contributed by atoms with Crippen molar-refractivity contribution in [2.75, 3.05) is 13.7 Å². The summed E-state index contributed by atoms with van der Waals surface area (Å²) in [6, 6.07) is 13.6. The van der Waals surface area contributed by atoms with Gasteiger partial charge in [-0.3, -0.25) is 4.79 Å². The lowest BCUT2D eigenvalue weighted by Crippen LogP contribution is -2.23. The van der Waals surface area contributed by atoms with Crippen molar-refractivity contribution in [1.82, 2.24) is 5.32 Å². The summed E-state index contributed by atoms with van der Waals surface area (Å²) in [5.41, 5.74) is 2.91. The van der Waals surface area contributed by atoms with Crippen molar-refractivity contribution in [2.24, 2.45) is 5.92 Å². The minimum atomic E-state index is -0.0864. The van der Waals surface area contributed by atoms with Crippen molar-refractivity contribution < 1.29 is 14.3 Å². The van der Waals surface area contributed by atoms with E-state index in [2.05, 4.69) is 39.9 Å². The number of nitrogens with one attached hydrogen (secondary N) is 1. The lowest BCUT2D eigenvalue weighted by Gasteiger charge is -2.19. The summed E-state index contributed by atoms with van der Waals surface area (Å²) < 4.78 is 11.3. The van der Waals surface area contributed by atoms with E-state index in [1.54, 1.807) is 7.11 Å². The highest BCUT2D eigenvalue weighted by Gasteiger charge is 2.14. The number of methoxy groups -OCH3 is 1. The third kappa shape index (κ3) is 6.29. The van der Waals surface area contributed by atoms with Crippen LogP contribution in [0.4, 0.5) is 0 Å². The SMILES string of the molecule is COc1cc(CNC(=O)c2ccc(C(C)(C)C)cc2)ccc1OCCC(C)C. The molecular weight excluding hydrogens is 350 g/mol. The van der Waals surface area contributed by atoms with Crippen LogP contribution in [0.2, 0.25) is 0 Å². The molecule has 0 aromatic heterocycles. The first-order valence-corrected chi connectivity index (χ1v) is 9.89. The van der Waals surface area contributed by atoms with Gasteiger partial charge < -0.3 is 14.8 Å². The number of ether oxygens (including phenoxy) is 2. The largest absolute Gasteiger partial charge is 0.493 e. The van der Waals surface area contributed by atoms with Gasteiger partial charge in [-0.15, -0.1) is 0 Å². The van der Waals surface area contributed by atoms with Gasteiger partial charge in [0.1, 0.15) is 0 Å². The number of benzene rings is 2. The molecule has 0 saturated heterocycles. The third-order valence-electron chi connectivity index (χ3n) is 4.65. The summed E-state index contributed by atoms with van der Waals surface area (Å²) in [6.45, 7) is 11.9. The van der Waals surface area contributed by atoms with Crippen LogP contribution in [0, 0.1) is 5.92 Å². The number of hydrogen-bond donors (Lipinski definition) is 1. The van der Waals surface area contributed by atoms with Gasteiger partial charge in [0, 0.05) is 12.1 Å². The molecule has 2 aromatic rings. The normalized spacial score (nSPS) is 11.4. The maximum Gasteiger partial charge on any atom is 0.251 e. The van der Waals surface area contributed by atoms with E-state index < -0.39 is 0 Å². The minimum absolute atomic E-state index is 0.0740. The Labute approximate surface area is 169 Å². The van der Waals surface area contributed by atoms with Crippen LogP contribution in [-0.2, 0) is 12.0 Å². The summed E-state index contributed by atoms with van der Waals surface area (Å²) in [5.74, 6) is 1.93. The molecule has 0 aliphatic rings. The second-order valence-corrected chi connectivity index (χ2v) is 8.53. The predicted octanol–water partition coefficient (Wildman–Crippen LogP) is 5.35. The molecule has 0 radical (unpaired) electrons. The van der Waals surface area contributed by atoms with Gasteiger partial charge in [-0.1, -0.05) is 52.8 Å². The molecule has 0 heterocycles. The van der Waals surface area contributed by atoms with Gasteiger partial charge in [-0.2, -0.15) is 0 Å². The second-order valence-electron chi connectivity index (χ2n) is 8.53. The number of amides is 1. The number of hydrogen-bond acceptors (Lipinski definition) is 3. The number of carbonyl (C=O) groups is 1. The summed E-state index contributed by atoms with van der Waals surface area (Å²) in [7, 11) is 1.63. The first-order chi connectivity index (χ1) is 13.2. The molecule has 4 heteroatoms. The zero-order chi connectivity index (χ0) is 20.7. The highest BCUT2D eigenvalue weighted by molar-refractivity contribution is 5.94. The van der Waals surface area contributed by atoms with Gasteiger partial charge >= 0.3 is 0 Å². The van der Waals surface area contributed by atoms with Gasteiger partial charge in [0.15, 0.2) is 11.5 Å². The van der Waals surface area contributed by atoms with Crippen LogP contribution in [0.25, 0.3) is 0 Å². The van der Waals surface area contributed by atoms with Crippen LogP contribution in [0.1, 0.15) is 62.5 Å². The van der Waals surface area contributed by atoms with E-state index in [-0.39, 0.29) is 11.3 Å². The van der Waals surface area contributed by atoms with Crippen molar-refractivity contribution in [3.8, 4) is 11.5 Å². The van der Waals surface area contributed by atoms with Crippen molar-refractivity contribution in [1.29, 1.82) is 0 Å². The summed E-state index contributed by atoms with van der Waals surface area (Å²) in [4.78, 5) is 12.4. The lowest BCUT2D eigenvalue weighted by molar-refractivity contribution is 0.0951. The van der Waals surface area contributed by atoms with Crippen LogP contribution in [0.15, 0.2) is 42.5 Å².